The zero-order chi connectivity index (χ0) is 10.1. The van der Waals surface area contributed by atoms with Crippen molar-refractivity contribution in [3.05, 3.63) is 16.4 Å². The third-order valence-corrected chi connectivity index (χ3v) is 3.78. The van der Waals surface area contributed by atoms with E-state index in [1.165, 1.54) is 25.0 Å². The summed E-state index contributed by atoms with van der Waals surface area (Å²) >= 11 is 3.56. The van der Waals surface area contributed by atoms with Crippen molar-refractivity contribution < 1.29 is 0 Å². The molecular weight excluding hydrogens is 242 g/mol. The first-order chi connectivity index (χ1) is 6.74. The van der Waals surface area contributed by atoms with E-state index in [9.17, 15) is 0 Å². The largest absolute Gasteiger partial charge is 0.311 e. The fourth-order valence-corrected chi connectivity index (χ4v) is 2.73. The highest BCUT2D eigenvalue weighted by Gasteiger charge is 2.30. The lowest BCUT2D eigenvalue weighted by Gasteiger charge is -2.33. The van der Waals surface area contributed by atoms with Crippen LogP contribution in [0.2, 0.25) is 0 Å². The first-order valence-corrected chi connectivity index (χ1v) is 5.88. The monoisotopic (exact) mass is 257 g/mol. The third kappa shape index (κ3) is 1.61. The van der Waals surface area contributed by atoms with Gasteiger partial charge in [0.15, 0.2) is 0 Å². The highest BCUT2D eigenvalue weighted by atomic mass is 79.9. The molecule has 0 amide bonds. The molecule has 1 aromatic heterocycles. The Morgan fingerprint density at radius 1 is 1.64 bits per heavy atom. The molecule has 1 N–H and O–H groups in total. The lowest BCUT2D eigenvalue weighted by molar-refractivity contribution is 0.231. The molecule has 78 valence electrons. The maximum atomic E-state index is 4.26. The number of aromatic nitrogens is 2. The van der Waals surface area contributed by atoms with E-state index in [-0.39, 0.29) is 0 Å². The smallest absolute Gasteiger partial charge is 0.0695 e. The number of rotatable bonds is 3. The van der Waals surface area contributed by atoms with Crippen LogP contribution in [0.1, 0.15) is 31.0 Å². The van der Waals surface area contributed by atoms with Crippen molar-refractivity contribution in [3.8, 4) is 0 Å². The Morgan fingerprint density at radius 3 is 2.71 bits per heavy atom. The van der Waals surface area contributed by atoms with Crippen LogP contribution in [0.5, 0.6) is 0 Å². The zero-order valence-corrected chi connectivity index (χ0v) is 10.2. The summed E-state index contributed by atoms with van der Waals surface area (Å²) in [5.74, 6) is 0.784. The molecule has 1 fully saturated rings. The van der Waals surface area contributed by atoms with Crippen LogP contribution in [0.3, 0.4) is 0 Å². The molecule has 0 spiro atoms. The summed E-state index contributed by atoms with van der Waals surface area (Å²) in [7, 11) is 4.03. The molecule has 1 unspecified atom stereocenters. The molecule has 1 atom stereocenters. The normalized spacial score (nSPS) is 19.4. The number of aryl methyl sites for hydroxylation is 1. The summed E-state index contributed by atoms with van der Waals surface area (Å²) < 4.78 is 3.08. The van der Waals surface area contributed by atoms with Gasteiger partial charge in [-0.3, -0.25) is 4.68 Å². The highest BCUT2D eigenvalue weighted by Crippen LogP contribution is 2.39. The Morgan fingerprint density at radius 2 is 2.36 bits per heavy atom. The summed E-state index contributed by atoms with van der Waals surface area (Å²) in [6, 6.07) is 0.450. The third-order valence-electron chi connectivity index (χ3n) is 3.16. The topological polar surface area (TPSA) is 29.9 Å². The molecule has 0 aliphatic heterocycles. The molecule has 1 heterocycles. The molecule has 0 aromatic carbocycles. The minimum atomic E-state index is 0.450. The van der Waals surface area contributed by atoms with E-state index in [2.05, 4.69) is 26.3 Å². The number of halogens is 1. The lowest BCUT2D eigenvalue weighted by atomic mass is 9.78. The van der Waals surface area contributed by atoms with Crippen LogP contribution in [-0.2, 0) is 7.05 Å². The van der Waals surface area contributed by atoms with E-state index in [0.717, 1.165) is 10.4 Å². The molecule has 0 saturated heterocycles. The standard InChI is InChI=1S/C10H16BrN3/c1-12-9(7-4-3-5-7)10-8(11)6-13-14(10)2/h6-7,9,12H,3-5H2,1-2H3. The number of nitrogens with zero attached hydrogens (tertiary/aromatic N) is 2. The lowest BCUT2D eigenvalue weighted by Crippen LogP contribution is -2.31. The van der Waals surface area contributed by atoms with Gasteiger partial charge in [0.05, 0.1) is 22.4 Å². The average molecular weight is 258 g/mol. The van der Waals surface area contributed by atoms with Gasteiger partial charge in [0.2, 0.25) is 0 Å². The number of hydrogen-bond donors (Lipinski definition) is 1. The van der Waals surface area contributed by atoms with Gasteiger partial charge in [-0.2, -0.15) is 5.10 Å². The fourth-order valence-electron chi connectivity index (χ4n) is 2.14. The van der Waals surface area contributed by atoms with Crippen molar-refractivity contribution in [2.24, 2.45) is 13.0 Å². The van der Waals surface area contributed by atoms with Crippen molar-refractivity contribution in [2.45, 2.75) is 25.3 Å². The maximum Gasteiger partial charge on any atom is 0.0695 e. The Kier molecular flexibility index (Phi) is 2.93. The van der Waals surface area contributed by atoms with Gasteiger partial charge in [0.1, 0.15) is 0 Å². The summed E-state index contributed by atoms with van der Waals surface area (Å²) in [4.78, 5) is 0. The van der Waals surface area contributed by atoms with Crippen LogP contribution in [0.15, 0.2) is 10.7 Å². The van der Waals surface area contributed by atoms with Gasteiger partial charge < -0.3 is 5.32 Å². The molecule has 4 heteroatoms. The number of nitrogens with one attached hydrogen (secondary N) is 1. The van der Waals surface area contributed by atoms with E-state index in [4.69, 9.17) is 0 Å². The Bertz CT molecular complexity index is 298. The van der Waals surface area contributed by atoms with Crippen molar-refractivity contribution >= 4 is 15.9 Å². The fraction of sp³-hybridized carbons (Fsp3) is 0.700. The van der Waals surface area contributed by atoms with E-state index in [1.54, 1.807) is 0 Å². The zero-order valence-electron chi connectivity index (χ0n) is 8.63. The second-order valence-corrected chi connectivity index (χ2v) is 4.81. The number of hydrogen-bond acceptors (Lipinski definition) is 2. The van der Waals surface area contributed by atoms with E-state index in [1.807, 2.05) is 25.0 Å². The molecule has 0 radical (unpaired) electrons. The predicted molar refractivity (Wildman–Crippen MR) is 60.0 cm³/mol. The first-order valence-electron chi connectivity index (χ1n) is 5.08. The van der Waals surface area contributed by atoms with E-state index < -0.39 is 0 Å². The molecule has 2 rings (SSSR count). The van der Waals surface area contributed by atoms with Crippen LogP contribution < -0.4 is 5.32 Å². The van der Waals surface area contributed by atoms with Crippen LogP contribution >= 0.6 is 15.9 Å². The van der Waals surface area contributed by atoms with Gasteiger partial charge in [0.25, 0.3) is 0 Å². The van der Waals surface area contributed by atoms with E-state index >= 15 is 0 Å². The predicted octanol–water partition coefficient (Wildman–Crippen LogP) is 2.24. The average Bonchev–Trinajstić information content (AvgIpc) is 2.40. The molecule has 14 heavy (non-hydrogen) atoms. The SMILES string of the molecule is CNC(c1c(Br)cnn1C)C1CCC1. The van der Waals surface area contributed by atoms with Crippen LogP contribution in [-0.4, -0.2) is 16.8 Å². The van der Waals surface area contributed by atoms with Crippen LogP contribution in [0.25, 0.3) is 0 Å². The summed E-state index contributed by atoms with van der Waals surface area (Å²) in [5, 5.41) is 7.65. The van der Waals surface area contributed by atoms with Gasteiger partial charge in [-0.1, -0.05) is 6.42 Å². The highest BCUT2D eigenvalue weighted by molar-refractivity contribution is 9.10. The summed E-state index contributed by atoms with van der Waals surface area (Å²) in [6.45, 7) is 0. The van der Waals surface area contributed by atoms with Crippen molar-refractivity contribution in [3.63, 3.8) is 0 Å². The summed E-state index contributed by atoms with van der Waals surface area (Å²) in [6.07, 6.45) is 5.92. The molecule has 1 saturated carbocycles. The molecule has 3 nitrogen and oxygen atoms in total. The first kappa shape index (κ1) is 10.2. The van der Waals surface area contributed by atoms with Gasteiger partial charge in [-0.25, -0.2) is 0 Å². The molecular formula is C10H16BrN3. The van der Waals surface area contributed by atoms with Gasteiger partial charge in [-0.15, -0.1) is 0 Å². The maximum absolute atomic E-state index is 4.26. The van der Waals surface area contributed by atoms with E-state index in [0.29, 0.717) is 6.04 Å². The van der Waals surface area contributed by atoms with Gasteiger partial charge in [-0.05, 0) is 41.7 Å². The van der Waals surface area contributed by atoms with Gasteiger partial charge >= 0.3 is 0 Å². The Hall–Kier alpha value is -0.350. The molecule has 1 aromatic rings. The van der Waals surface area contributed by atoms with Crippen molar-refractivity contribution in [2.75, 3.05) is 7.05 Å². The van der Waals surface area contributed by atoms with Crippen molar-refractivity contribution in [1.82, 2.24) is 15.1 Å². The van der Waals surface area contributed by atoms with Crippen LogP contribution in [0, 0.1) is 5.92 Å². The minimum Gasteiger partial charge on any atom is -0.311 e. The molecule has 1 aliphatic carbocycles. The molecule has 0 bridgehead atoms. The quantitative estimate of drug-likeness (QED) is 0.901. The second-order valence-electron chi connectivity index (χ2n) is 3.96. The van der Waals surface area contributed by atoms with Gasteiger partial charge in [0, 0.05) is 7.05 Å². The minimum absolute atomic E-state index is 0.450. The summed E-state index contributed by atoms with van der Waals surface area (Å²) in [5.41, 5.74) is 1.28. The van der Waals surface area contributed by atoms with Crippen molar-refractivity contribution in [1.29, 1.82) is 0 Å². The van der Waals surface area contributed by atoms with Crippen LogP contribution in [0.4, 0.5) is 0 Å². The Balaban J connectivity index is 2.25. The Labute approximate surface area is 93.0 Å². The second kappa shape index (κ2) is 4.03. The molecule has 1 aliphatic rings.